The third-order valence-electron chi connectivity index (χ3n) is 4.92. The summed E-state index contributed by atoms with van der Waals surface area (Å²) in [7, 11) is 0. The van der Waals surface area contributed by atoms with Crippen molar-refractivity contribution < 1.29 is 75.0 Å². The number of aliphatic carboxylic acids is 5. The third kappa shape index (κ3) is 15.9. The van der Waals surface area contributed by atoms with Crippen LogP contribution in [0.2, 0.25) is 0 Å². The van der Waals surface area contributed by atoms with Crippen LogP contribution in [0.25, 0.3) is 32.7 Å². The largest absolute Gasteiger partial charge is 0.507 e. The summed E-state index contributed by atoms with van der Waals surface area (Å²) in [5, 5.41) is 90.7. The van der Waals surface area contributed by atoms with Gasteiger partial charge >= 0.3 is 0 Å². The first kappa shape index (κ1) is 42.9. The molecule has 0 aliphatic carbocycles. The highest BCUT2D eigenvalue weighted by molar-refractivity contribution is 6.05. The molecule has 0 radical (unpaired) electrons. The van der Waals surface area contributed by atoms with Crippen LogP contribution < -0.4 is 0 Å². The van der Waals surface area contributed by atoms with Gasteiger partial charge in [-0.05, 0) is 60.7 Å². The quantitative estimate of drug-likeness (QED) is 0.116. The predicted octanol–water partition coefficient (Wildman–Crippen LogP) is 5.26. The highest BCUT2D eigenvalue weighted by atomic mass is 16.4. The highest BCUT2D eigenvalue weighted by Crippen LogP contribution is 2.48. The van der Waals surface area contributed by atoms with Crippen molar-refractivity contribution in [2.45, 2.75) is 48.5 Å². The molecular weight excluding hydrogens is 624 g/mol. The van der Waals surface area contributed by atoms with Crippen LogP contribution in [0.1, 0.15) is 45.7 Å². The maximum atomic E-state index is 10.8. The van der Waals surface area contributed by atoms with Crippen molar-refractivity contribution in [1.82, 2.24) is 0 Å². The van der Waals surface area contributed by atoms with Gasteiger partial charge in [0.05, 0.1) is 10.8 Å². The lowest BCUT2D eigenvalue weighted by molar-refractivity contribution is -0.135. The van der Waals surface area contributed by atoms with E-state index < -0.39 is 29.8 Å². The molecule has 15 nitrogen and oxygen atoms in total. The Morgan fingerprint density at radius 2 is 0.809 bits per heavy atom. The lowest BCUT2D eigenvalue weighted by Gasteiger charge is -2.15. The molecule has 4 rings (SSSR count). The number of carbonyl (C=O) groups is 5. The Labute approximate surface area is 268 Å². The number of carboxylic acids is 5. The fraction of sp³-hybridized carbons (Fsp3) is 0.219. The van der Waals surface area contributed by atoms with Gasteiger partial charge in [0.25, 0.3) is 29.8 Å². The second-order valence-electron chi connectivity index (χ2n) is 9.38. The number of phenolic OH excluding ortho intramolecular Hbond substituents is 5. The highest BCUT2D eigenvalue weighted by Gasteiger charge is 2.19. The van der Waals surface area contributed by atoms with E-state index in [-0.39, 0.29) is 45.1 Å². The number of carboxylic acid groups (broad SMARTS) is 5. The molecule has 0 saturated carbocycles. The summed E-state index contributed by atoms with van der Waals surface area (Å²) < 4.78 is 0. The maximum absolute atomic E-state index is 10.8. The van der Waals surface area contributed by atoms with Crippen molar-refractivity contribution in [2.75, 3.05) is 0 Å². The topological polar surface area (TPSA) is 288 Å². The van der Waals surface area contributed by atoms with Gasteiger partial charge in [-0.1, -0.05) is 12.1 Å². The number of benzene rings is 4. The summed E-state index contributed by atoms with van der Waals surface area (Å²) in [6, 6.07) is 11.3. The molecular formula is C32H38O15. The molecule has 47 heavy (non-hydrogen) atoms. The molecule has 0 fully saturated rings. The van der Waals surface area contributed by atoms with Crippen LogP contribution in [0.4, 0.5) is 0 Å². The second kappa shape index (κ2) is 19.9. The average molecular weight is 663 g/mol. The van der Waals surface area contributed by atoms with Crippen LogP contribution in [0.15, 0.2) is 42.5 Å². The lowest BCUT2D eigenvalue weighted by Crippen LogP contribution is -1.87. The summed E-state index contributed by atoms with van der Waals surface area (Å²) in [6.45, 7) is 8.91. The van der Waals surface area contributed by atoms with Crippen molar-refractivity contribution in [3.8, 4) is 39.9 Å². The zero-order valence-corrected chi connectivity index (χ0v) is 26.6. The Morgan fingerprint density at radius 1 is 0.468 bits per heavy atom. The van der Waals surface area contributed by atoms with Gasteiger partial charge in [-0.25, -0.2) is 0 Å². The Morgan fingerprint density at radius 3 is 1.21 bits per heavy atom. The molecule has 0 amide bonds. The average Bonchev–Trinajstić information content (AvgIpc) is 2.86. The molecule has 0 saturated heterocycles. The van der Waals surface area contributed by atoms with E-state index >= 15 is 0 Å². The summed E-state index contributed by atoms with van der Waals surface area (Å²) in [5.41, 5.74) is 1.93. The van der Waals surface area contributed by atoms with Gasteiger partial charge in [0.1, 0.15) is 28.7 Å². The molecule has 0 unspecified atom stereocenters. The number of fused-ring (bicyclic) bond motifs is 2. The fourth-order valence-electron chi connectivity index (χ4n) is 3.61. The summed E-state index contributed by atoms with van der Waals surface area (Å²) >= 11 is 0. The van der Waals surface area contributed by atoms with E-state index in [0.29, 0.717) is 21.9 Å². The van der Waals surface area contributed by atoms with Gasteiger partial charge in [0.2, 0.25) is 0 Å². The second-order valence-corrected chi connectivity index (χ2v) is 9.38. The Hall–Kier alpha value is -6.25. The SMILES string of the molecule is CC(=O)O.CC(=O)O.CC(=O)O.CC(=O)O.CC(=O)O.Cc1cc(O)c2c(O)c(-c3ccc4c(O)c(C)cc(O)c4c3O)ccc2c1. The van der Waals surface area contributed by atoms with Crippen molar-refractivity contribution in [1.29, 1.82) is 0 Å². The minimum atomic E-state index is -0.833. The fourth-order valence-corrected chi connectivity index (χ4v) is 3.61. The monoisotopic (exact) mass is 662 g/mol. The standard InChI is InChI=1S/C22H18O5.5C2H4O2/c1-10-7-12-3-4-13(21(26)18(12)16(23)8-10)14-5-6-15-19(22(14)27)17(24)9-11(2)20(15)25;5*1-2(3)4/h3-9,23-27H,1-2H3;5*1H3,(H,3,4). The van der Waals surface area contributed by atoms with Gasteiger partial charge in [-0.2, -0.15) is 0 Å². The Bertz CT molecular complexity index is 1650. The number of rotatable bonds is 1. The van der Waals surface area contributed by atoms with Gasteiger partial charge in [0, 0.05) is 51.1 Å². The smallest absolute Gasteiger partial charge is 0.300 e. The van der Waals surface area contributed by atoms with Gasteiger partial charge in [0.15, 0.2) is 0 Å². The lowest BCUT2D eigenvalue weighted by atomic mass is 9.94. The van der Waals surface area contributed by atoms with E-state index in [1.807, 2.05) is 13.0 Å². The zero-order valence-electron chi connectivity index (χ0n) is 26.6. The molecule has 0 aromatic heterocycles. The number of phenols is 5. The predicted molar refractivity (Wildman–Crippen MR) is 171 cm³/mol. The maximum Gasteiger partial charge on any atom is 0.300 e. The summed E-state index contributed by atoms with van der Waals surface area (Å²) in [4.78, 5) is 45.0. The number of aromatic hydroxyl groups is 5. The zero-order chi connectivity index (χ0) is 37.3. The molecule has 4 aromatic carbocycles. The first-order chi connectivity index (χ1) is 21.5. The molecule has 0 atom stereocenters. The van der Waals surface area contributed by atoms with E-state index in [2.05, 4.69) is 0 Å². The minimum Gasteiger partial charge on any atom is -0.507 e. The molecule has 0 heterocycles. The first-order valence-electron chi connectivity index (χ1n) is 13.1. The van der Waals surface area contributed by atoms with Crippen LogP contribution in [0, 0.1) is 13.8 Å². The van der Waals surface area contributed by atoms with Crippen LogP contribution in [-0.4, -0.2) is 80.9 Å². The Balaban J connectivity index is 0. The van der Waals surface area contributed by atoms with Crippen LogP contribution in [-0.2, 0) is 24.0 Å². The molecule has 0 spiro atoms. The van der Waals surface area contributed by atoms with Gasteiger partial charge < -0.3 is 51.1 Å². The minimum absolute atomic E-state index is 0.0273. The third-order valence-corrected chi connectivity index (χ3v) is 4.92. The number of hydrogen-bond acceptors (Lipinski definition) is 10. The molecule has 256 valence electrons. The molecule has 4 aromatic rings. The van der Waals surface area contributed by atoms with Gasteiger partial charge in [-0.15, -0.1) is 0 Å². The molecule has 0 bridgehead atoms. The molecule has 0 aliphatic rings. The molecule has 15 heteroatoms. The van der Waals surface area contributed by atoms with E-state index in [1.54, 1.807) is 37.3 Å². The van der Waals surface area contributed by atoms with Crippen molar-refractivity contribution in [2.24, 2.45) is 0 Å². The first-order valence-corrected chi connectivity index (χ1v) is 13.1. The van der Waals surface area contributed by atoms with E-state index in [0.717, 1.165) is 40.2 Å². The number of aryl methyl sites for hydroxylation is 2. The summed E-state index contributed by atoms with van der Waals surface area (Å²) in [5.74, 6) is -4.85. The molecule has 0 aliphatic heterocycles. The number of hydrogen-bond donors (Lipinski definition) is 10. The van der Waals surface area contributed by atoms with Crippen LogP contribution in [0.5, 0.6) is 28.7 Å². The van der Waals surface area contributed by atoms with E-state index in [1.165, 1.54) is 6.07 Å². The Kier molecular flexibility index (Phi) is 18.2. The van der Waals surface area contributed by atoms with E-state index in [9.17, 15) is 25.5 Å². The van der Waals surface area contributed by atoms with E-state index in [4.69, 9.17) is 49.5 Å². The van der Waals surface area contributed by atoms with Gasteiger partial charge in [-0.3, -0.25) is 24.0 Å². The van der Waals surface area contributed by atoms with Crippen molar-refractivity contribution in [3.63, 3.8) is 0 Å². The normalized spacial score (nSPS) is 9.17. The molecule has 10 N–H and O–H groups in total. The van der Waals surface area contributed by atoms with Crippen LogP contribution >= 0.6 is 0 Å². The summed E-state index contributed by atoms with van der Waals surface area (Å²) in [6.07, 6.45) is 0. The van der Waals surface area contributed by atoms with Crippen LogP contribution in [0.3, 0.4) is 0 Å². The van der Waals surface area contributed by atoms with Crippen molar-refractivity contribution in [3.05, 3.63) is 53.6 Å². The van der Waals surface area contributed by atoms with Crippen molar-refractivity contribution >= 4 is 51.4 Å².